The molecule has 1 saturated heterocycles. The zero-order valence-corrected chi connectivity index (χ0v) is 9.53. The lowest BCUT2D eigenvalue weighted by atomic mass is 9.83. The molecule has 1 aromatic heterocycles. The van der Waals surface area contributed by atoms with Crippen molar-refractivity contribution in [1.29, 1.82) is 0 Å². The third-order valence-corrected chi connectivity index (χ3v) is 3.14. The summed E-state index contributed by atoms with van der Waals surface area (Å²) in [5.41, 5.74) is -0.320. The van der Waals surface area contributed by atoms with E-state index in [1.54, 1.807) is 7.05 Å². The predicted molar refractivity (Wildman–Crippen MR) is 57.6 cm³/mol. The molecule has 1 aliphatic heterocycles. The van der Waals surface area contributed by atoms with Crippen molar-refractivity contribution >= 4 is 11.9 Å². The Morgan fingerprint density at radius 1 is 1.69 bits per heavy atom. The van der Waals surface area contributed by atoms with Gasteiger partial charge in [-0.05, 0) is 24.6 Å². The van der Waals surface area contributed by atoms with Crippen LogP contribution in [0.1, 0.15) is 19.8 Å². The molecule has 1 fully saturated rings. The molecular weight excluding hydrogens is 208 g/mol. The number of hydrogen-bond donors (Lipinski definition) is 2. The number of tetrazole rings is 1. The van der Waals surface area contributed by atoms with Crippen LogP contribution in [0.3, 0.4) is 0 Å². The normalized spacial score (nSPS) is 24.6. The SMILES string of the molecule is CCC1(C(=O)Nc2nnn(C)n2)CCNC1. The lowest BCUT2D eigenvalue weighted by molar-refractivity contribution is -0.124. The molecule has 0 bridgehead atoms. The summed E-state index contributed by atoms with van der Waals surface area (Å²) < 4.78 is 0. The van der Waals surface area contributed by atoms with Gasteiger partial charge in [0.1, 0.15) is 0 Å². The van der Waals surface area contributed by atoms with Gasteiger partial charge in [0, 0.05) is 6.54 Å². The zero-order valence-electron chi connectivity index (χ0n) is 9.53. The third-order valence-electron chi connectivity index (χ3n) is 3.14. The van der Waals surface area contributed by atoms with Gasteiger partial charge in [-0.15, -0.1) is 5.10 Å². The standard InChI is InChI=1S/C9H16N6O/c1-3-9(4-5-10-6-9)7(16)11-8-12-14-15(2)13-8/h10H,3-6H2,1-2H3,(H,11,13,16). The van der Waals surface area contributed by atoms with Gasteiger partial charge in [0.2, 0.25) is 5.91 Å². The van der Waals surface area contributed by atoms with Gasteiger partial charge in [0.05, 0.1) is 12.5 Å². The van der Waals surface area contributed by atoms with E-state index in [1.165, 1.54) is 4.80 Å². The van der Waals surface area contributed by atoms with Gasteiger partial charge in [-0.1, -0.05) is 12.0 Å². The highest BCUT2D eigenvalue weighted by molar-refractivity contribution is 5.94. The van der Waals surface area contributed by atoms with Crippen LogP contribution in [0.15, 0.2) is 0 Å². The summed E-state index contributed by atoms with van der Waals surface area (Å²) in [7, 11) is 1.66. The molecule has 7 nitrogen and oxygen atoms in total. The van der Waals surface area contributed by atoms with E-state index in [4.69, 9.17) is 0 Å². The first kappa shape index (κ1) is 11.0. The molecule has 1 unspecified atom stereocenters. The fourth-order valence-corrected chi connectivity index (χ4v) is 1.97. The van der Waals surface area contributed by atoms with Gasteiger partial charge in [0.25, 0.3) is 5.95 Å². The molecule has 1 amide bonds. The number of carbonyl (C=O) groups is 1. The average Bonchev–Trinajstić information content (AvgIpc) is 2.88. The van der Waals surface area contributed by atoms with E-state index in [9.17, 15) is 4.79 Å². The summed E-state index contributed by atoms with van der Waals surface area (Å²) in [6.07, 6.45) is 1.67. The lowest BCUT2D eigenvalue weighted by Crippen LogP contribution is -2.37. The van der Waals surface area contributed by atoms with Crippen molar-refractivity contribution in [3.05, 3.63) is 0 Å². The Balaban J connectivity index is 2.07. The van der Waals surface area contributed by atoms with Crippen LogP contribution in [-0.2, 0) is 11.8 Å². The Morgan fingerprint density at radius 3 is 3.00 bits per heavy atom. The highest BCUT2D eigenvalue weighted by Gasteiger charge is 2.39. The van der Waals surface area contributed by atoms with Crippen molar-refractivity contribution in [1.82, 2.24) is 25.5 Å². The van der Waals surface area contributed by atoms with E-state index in [2.05, 4.69) is 26.0 Å². The van der Waals surface area contributed by atoms with E-state index in [1.807, 2.05) is 6.92 Å². The fourth-order valence-electron chi connectivity index (χ4n) is 1.97. The lowest BCUT2D eigenvalue weighted by Gasteiger charge is -2.23. The largest absolute Gasteiger partial charge is 0.316 e. The second-order valence-corrected chi connectivity index (χ2v) is 4.12. The second kappa shape index (κ2) is 4.17. The number of amides is 1. The van der Waals surface area contributed by atoms with Crippen molar-refractivity contribution < 1.29 is 4.79 Å². The molecule has 0 aromatic carbocycles. The quantitative estimate of drug-likeness (QED) is 0.725. The first-order chi connectivity index (χ1) is 7.66. The minimum absolute atomic E-state index is 0.0204. The number of hydrogen-bond acceptors (Lipinski definition) is 5. The van der Waals surface area contributed by atoms with Crippen LogP contribution in [-0.4, -0.2) is 39.2 Å². The summed E-state index contributed by atoms with van der Waals surface area (Å²) in [5.74, 6) is 0.250. The summed E-state index contributed by atoms with van der Waals surface area (Å²) >= 11 is 0. The molecule has 7 heteroatoms. The maximum Gasteiger partial charge on any atom is 0.270 e. The molecule has 0 radical (unpaired) electrons. The van der Waals surface area contributed by atoms with Crippen LogP contribution in [0.2, 0.25) is 0 Å². The molecule has 88 valence electrons. The molecule has 0 saturated carbocycles. The topological polar surface area (TPSA) is 84.7 Å². The molecule has 16 heavy (non-hydrogen) atoms. The van der Waals surface area contributed by atoms with Crippen LogP contribution < -0.4 is 10.6 Å². The van der Waals surface area contributed by atoms with Crippen LogP contribution in [0.5, 0.6) is 0 Å². The number of carbonyl (C=O) groups excluding carboxylic acids is 1. The molecule has 0 aliphatic carbocycles. The molecule has 2 rings (SSSR count). The van der Waals surface area contributed by atoms with Gasteiger partial charge < -0.3 is 5.32 Å². The van der Waals surface area contributed by atoms with E-state index in [-0.39, 0.29) is 17.3 Å². The van der Waals surface area contributed by atoms with Gasteiger partial charge in [-0.3, -0.25) is 10.1 Å². The summed E-state index contributed by atoms with van der Waals surface area (Å²) in [4.78, 5) is 13.4. The van der Waals surface area contributed by atoms with Gasteiger partial charge in [-0.2, -0.15) is 4.80 Å². The van der Waals surface area contributed by atoms with Crippen molar-refractivity contribution in [2.75, 3.05) is 18.4 Å². The van der Waals surface area contributed by atoms with E-state index >= 15 is 0 Å². The molecule has 0 spiro atoms. The Bertz CT molecular complexity index is 381. The Kier molecular flexibility index (Phi) is 2.86. The second-order valence-electron chi connectivity index (χ2n) is 4.12. The van der Waals surface area contributed by atoms with Crippen LogP contribution in [0.25, 0.3) is 0 Å². The average molecular weight is 224 g/mol. The first-order valence-corrected chi connectivity index (χ1v) is 5.42. The molecule has 2 N–H and O–H groups in total. The molecule has 2 heterocycles. The number of anilines is 1. The van der Waals surface area contributed by atoms with Crippen LogP contribution in [0, 0.1) is 5.41 Å². The molecule has 1 aliphatic rings. The van der Waals surface area contributed by atoms with Crippen LogP contribution >= 0.6 is 0 Å². The first-order valence-electron chi connectivity index (χ1n) is 5.42. The number of rotatable bonds is 3. The van der Waals surface area contributed by atoms with Gasteiger partial charge in [-0.25, -0.2) is 0 Å². The van der Waals surface area contributed by atoms with Crippen LogP contribution in [0.4, 0.5) is 5.95 Å². The maximum absolute atomic E-state index is 12.1. The van der Waals surface area contributed by atoms with Crippen molar-refractivity contribution in [3.8, 4) is 0 Å². The minimum Gasteiger partial charge on any atom is -0.316 e. The summed E-state index contributed by atoms with van der Waals surface area (Å²) in [6.45, 7) is 3.63. The van der Waals surface area contributed by atoms with E-state index in [0.717, 1.165) is 25.9 Å². The van der Waals surface area contributed by atoms with E-state index < -0.39 is 0 Å². The zero-order chi connectivity index (χ0) is 11.6. The van der Waals surface area contributed by atoms with Crippen molar-refractivity contribution in [2.24, 2.45) is 12.5 Å². The van der Waals surface area contributed by atoms with E-state index in [0.29, 0.717) is 0 Å². The monoisotopic (exact) mass is 224 g/mol. The highest BCUT2D eigenvalue weighted by atomic mass is 16.2. The fraction of sp³-hybridized carbons (Fsp3) is 0.778. The number of aryl methyl sites for hydroxylation is 1. The van der Waals surface area contributed by atoms with Crippen molar-refractivity contribution in [2.45, 2.75) is 19.8 Å². The maximum atomic E-state index is 12.1. The molecule has 1 aromatic rings. The molecule has 1 atom stereocenters. The number of nitrogens with one attached hydrogen (secondary N) is 2. The third kappa shape index (κ3) is 1.90. The van der Waals surface area contributed by atoms with Crippen molar-refractivity contribution in [3.63, 3.8) is 0 Å². The number of aromatic nitrogens is 4. The minimum atomic E-state index is -0.320. The Labute approximate surface area is 93.6 Å². The Hall–Kier alpha value is -1.50. The summed E-state index contributed by atoms with van der Waals surface area (Å²) in [6, 6.07) is 0. The smallest absolute Gasteiger partial charge is 0.270 e. The van der Waals surface area contributed by atoms with Gasteiger partial charge in [0.15, 0.2) is 0 Å². The summed E-state index contributed by atoms with van der Waals surface area (Å²) in [5, 5.41) is 17.3. The molecular formula is C9H16N6O. The predicted octanol–water partition coefficient (Wildman–Crippen LogP) is -0.462. The highest BCUT2D eigenvalue weighted by Crippen LogP contribution is 2.30. The Morgan fingerprint density at radius 2 is 2.50 bits per heavy atom. The van der Waals surface area contributed by atoms with Gasteiger partial charge >= 0.3 is 0 Å². The number of nitrogens with zero attached hydrogens (tertiary/aromatic N) is 4.